The van der Waals surface area contributed by atoms with Crippen molar-refractivity contribution in [2.24, 2.45) is 0 Å². The zero-order valence-corrected chi connectivity index (χ0v) is 21.4. The molecule has 1 heterocycles. The average molecular weight is 646 g/mol. The van der Waals surface area contributed by atoms with Crippen LogP contribution in [0.2, 0.25) is 0 Å². The minimum atomic E-state index is -10.7. The summed E-state index contributed by atoms with van der Waals surface area (Å²) >= 11 is 1.47. The summed E-state index contributed by atoms with van der Waals surface area (Å²) in [6.45, 7) is 16.8. The van der Waals surface area contributed by atoms with Crippen molar-refractivity contribution in [1.82, 2.24) is 9.80 Å². The molecule has 11 heteroatoms. The fourth-order valence-corrected chi connectivity index (χ4v) is 2.40. The van der Waals surface area contributed by atoms with E-state index in [1.54, 1.807) is 0 Å². The van der Waals surface area contributed by atoms with E-state index in [9.17, 15) is 25.2 Å². The van der Waals surface area contributed by atoms with E-state index in [0.29, 0.717) is 0 Å². The van der Waals surface area contributed by atoms with Crippen LogP contribution in [0.3, 0.4) is 0 Å². The molecule has 0 atom stereocenters. The van der Waals surface area contributed by atoms with Crippen molar-refractivity contribution in [2.75, 3.05) is 20.3 Å². The summed E-state index contributed by atoms with van der Waals surface area (Å²) in [7, 11) is -3.94. The van der Waals surface area contributed by atoms with Crippen LogP contribution in [-0.4, -0.2) is 30.1 Å². The number of hydrogen-bond acceptors (Lipinski definition) is 2. The van der Waals surface area contributed by atoms with Gasteiger partial charge in [0.1, 0.15) is 0 Å². The van der Waals surface area contributed by atoms with Crippen molar-refractivity contribution in [3.63, 3.8) is 0 Å². The molecule has 0 aromatic rings. The Balaban J connectivity index is 0. The second-order valence-corrected chi connectivity index (χ2v) is 8.59. The number of nitrogens with zero attached hydrogens (tertiary/aromatic N) is 2. The van der Waals surface area contributed by atoms with Crippen molar-refractivity contribution < 1.29 is 43.1 Å². The first-order chi connectivity index (χ1) is 12.8. The Morgan fingerprint density at radius 3 is 1.41 bits per heavy atom. The molecular formula is C18H29ClF6IrN2P+. The molecule has 0 bridgehead atoms. The molecule has 1 fully saturated rings. The Morgan fingerprint density at radius 1 is 0.897 bits per heavy atom. The summed E-state index contributed by atoms with van der Waals surface area (Å²) in [5.74, 6) is 7.34. The molecule has 0 saturated heterocycles. The van der Waals surface area contributed by atoms with Crippen LogP contribution in [0.15, 0.2) is 25.1 Å². The van der Waals surface area contributed by atoms with Gasteiger partial charge < -0.3 is 9.80 Å². The van der Waals surface area contributed by atoms with Crippen LogP contribution < -0.4 is 0 Å². The summed E-state index contributed by atoms with van der Waals surface area (Å²) in [5.41, 5.74) is 0. The zero-order valence-electron chi connectivity index (χ0n) is 17.4. The van der Waals surface area contributed by atoms with E-state index in [1.807, 2.05) is 6.08 Å². The second kappa shape index (κ2) is 11.6. The summed E-state index contributed by atoms with van der Waals surface area (Å²) in [4.78, 5) is 4.42. The van der Waals surface area contributed by atoms with Gasteiger partial charge in [0.15, 0.2) is 0 Å². The molecule has 2 rings (SSSR count). The SMILES string of the molecule is C=CCCN1C=CN(C)C1.C[C]1[C](C)[C](C)[C](C)[C]1C.F[P-](F)(F)(F)(F)F.[Cl][Ir+2]. The van der Waals surface area contributed by atoms with Gasteiger partial charge in [-0.25, -0.2) is 0 Å². The van der Waals surface area contributed by atoms with Crippen molar-refractivity contribution in [2.45, 2.75) is 41.0 Å². The van der Waals surface area contributed by atoms with Crippen LogP contribution in [0, 0.1) is 29.6 Å². The molecule has 1 saturated carbocycles. The molecule has 2 aliphatic rings. The van der Waals surface area contributed by atoms with Crippen LogP contribution in [-0.2, 0) is 17.9 Å². The first kappa shape index (κ1) is 31.2. The third kappa shape index (κ3) is 17.4. The molecule has 5 radical (unpaired) electrons. The van der Waals surface area contributed by atoms with Crippen molar-refractivity contribution in [3.05, 3.63) is 54.6 Å². The third-order valence-electron chi connectivity index (χ3n) is 4.37. The van der Waals surface area contributed by atoms with Crippen LogP contribution >= 0.6 is 17.4 Å². The van der Waals surface area contributed by atoms with Gasteiger partial charge in [-0.15, -0.1) is 6.58 Å². The van der Waals surface area contributed by atoms with Gasteiger partial charge in [0, 0.05) is 26.0 Å². The molecule has 0 spiro atoms. The summed E-state index contributed by atoms with van der Waals surface area (Å²) in [6, 6.07) is 0. The predicted octanol–water partition coefficient (Wildman–Crippen LogP) is 8.28. The van der Waals surface area contributed by atoms with Crippen LogP contribution in [0.25, 0.3) is 0 Å². The Kier molecular flexibility index (Phi) is 12.5. The van der Waals surface area contributed by atoms with Gasteiger partial charge in [-0.3, -0.25) is 0 Å². The Morgan fingerprint density at radius 2 is 1.21 bits per heavy atom. The van der Waals surface area contributed by atoms with Crippen LogP contribution in [0.1, 0.15) is 41.0 Å². The summed E-state index contributed by atoms with van der Waals surface area (Å²) < 4.78 is 59.2. The quantitative estimate of drug-likeness (QED) is 0.173. The predicted molar refractivity (Wildman–Crippen MR) is 107 cm³/mol. The maximum absolute atomic E-state index is 10.7. The van der Waals surface area contributed by atoms with E-state index in [2.05, 4.69) is 80.0 Å². The first-order valence-electron chi connectivity index (χ1n) is 8.45. The van der Waals surface area contributed by atoms with Gasteiger partial charge in [-0.05, 0) is 36.0 Å². The molecule has 1 aliphatic heterocycles. The molecule has 2 nitrogen and oxygen atoms in total. The molecule has 0 unspecified atom stereocenters. The molecule has 0 amide bonds. The third-order valence-corrected chi connectivity index (χ3v) is 4.37. The van der Waals surface area contributed by atoms with Crippen molar-refractivity contribution in [1.29, 1.82) is 0 Å². The van der Waals surface area contributed by atoms with Gasteiger partial charge >= 0.3 is 60.5 Å². The Bertz CT molecular complexity index is 461. The average Bonchev–Trinajstić information content (AvgIpc) is 3.07. The summed E-state index contributed by atoms with van der Waals surface area (Å²) in [5, 5.41) is 0. The molecule has 1 aliphatic carbocycles. The van der Waals surface area contributed by atoms with Crippen LogP contribution in [0.4, 0.5) is 25.2 Å². The van der Waals surface area contributed by atoms with Crippen molar-refractivity contribution in [3.8, 4) is 0 Å². The molecular weight excluding hydrogens is 617 g/mol. The van der Waals surface area contributed by atoms with E-state index < -0.39 is 7.81 Å². The minimum absolute atomic E-state index is 1.02. The standard InChI is InChI=1S/C10H15.C8H14N2.ClH.F6P.Ir/c1-6-7(2)9(4)10(5)8(6)3;1-3-4-5-10-7-6-9(2)8-10;;1-7(2,3,4,5)6;/h1-5H3;3,6-7H,1,4-5,8H2,2H3;1H;;/q;;;-1;+3/p-1. The number of halogens is 7. The van der Waals surface area contributed by atoms with E-state index in [4.69, 9.17) is 0 Å². The van der Waals surface area contributed by atoms with Gasteiger partial charge in [0.05, 0.1) is 6.67 Å². The van der Waals surface area contributed by atoms with Crippen LogP contribution in [0.5, 0.6) is 0 Å². The molecule has 173 valence electrons. The van der Waals surface area contributed by atoms with E-state index in [-0.39, 0.29) is 0 Å². The monoisotopic (exact) mass is 646 g/mol. The number of rotatable bonds is 3. The van der Waals surface area contributed by atoms with Gasteiger partial charge in [0.2, 0.25) is 0 Å². The Hall–Kier alpha value is 0.0294. The molecule has 0 N–H and O–H groups in total. The zero-order chi connectivity index (χ0) is 23.7. The van der Waals surface area contributed by atoms with Crippen molar-refractivity contribution >= 4 is 17.4 Å². The molecule has 0 aromatic carbocycles. The van der Waals surface area contributed by atoms with Gasteiger partial charge in [0.25, 0.3) is 0 Å². The first-order valence-corrected chi connectivity index (χ1v) is 13.4. The maximum atomic E-state index is 9.87. The normalized spacial score (nSPS) is 21.3. The summed E-state index contributed by atoms with van der Waals surface area (Å²) in [6.07, 6.45) is 7.22. The van der Waals surface area contributed by atoms with E-state index in [0.717, 1.165) is 19.6 Å². The fourth-order valence-electron chi connectivity index (χ4n) is 2.40. The fraction of sp³-hybridized carbons (Fsp3) is 0.500. The number of hydrogen-bond donors (Lipinski definition) is 0. The van der Waals surface area contributed by atoms with Gasteiger partial charge in [-0.1, -0.05) is 40.7 Å². The van der Waals surface area contributed by atoms with Gasteiger partial charge in [-0.2, -0.15) is 0 Å². The molecule has 29 heavy (non-hydrogen) atoms. The Labute approximate surface area is 186 Å². The van der Waals surface area contributed by atoms with E-state index >= 15 is 0 Å². The second-order valence-electron chi connectivity index (χ2n) is 6.67. The topological polar surface area (TPSA) is 6.48 Å². The molecule has 0 aromatic heterocycles. The van der Waals surface area contributed by atoms with E-state index in [1.165, 1.54) is 47.5 Å².